The molecule has 0 atom stereocenters. The summed E-state index contributed by atoms with van der Waals surface area (Å²) in [6, 6.07) is 20.1. The van der Waals surface area contributed by atoms with Crippen molar-refractivity contribution >= 4 is 17.9 Å². The van der Waals surface area contributed by atoms with Crippen LogP contribution in [-0.2, 0) is 17.9 Å². The maximum atomic E-state index is 13.3. The lowest BCUT2D eigenvalue weighted by Crippen LogP contribution is -2.37. The summed E-state index contributed by atoms with van der Waals surface area (Å²) in [7, 11) is 0. The molecule has 0 bridgehead atoms. The molecule has 158 valence electrons. The van der Waals surface area contributed by atoms with Crippen LogP contribution in [0.2, 0.25) is 0 Å². The zero-order chi connectivity index (χ0) is 21.5. The van der Waals surface area contributed by atoms with E-state index < -0.39 is 0 Å². The van der Waals surface area contributed by atoms with Gasteiger partial charge in [-0.05, 0) is 29.7 Å². The summed E-state index contributed by atoms with van der Waals surface area (Å²) in [4.78, 5) is 15.5. The SMILES string of the molecule is CCCCn1cc(CN2CC(=Cc3ccccc3)C(=O)C(=Cc3ccccc3)C2)nn1. The molecule has 0 aliphatic carbocycles. The van der Waals surface area contributed by atoms with E-state index in [9.17, 15) is 4.79 Å². The van der Waals surface area contributed by atoms with Gasteiger partial charge in [0.05, 0.1) is 5.69 Å². The van der Waals surface area contributed by atoms with Gasteiger partial charge >= 0.3 is 0 Å². The molecule has 1 saturated heterocycles. The first-order valence-corrected chi connectivity index (χ1v) is 10.9. The van der Waals surface area contributed by atoms with Crippen LogP contribution >= 0.6 is 0 Å². The van der Waals surface area contributed by atoms with E-state index in [1.165, 1.54) is 0 Å². The van der Waals surface area contributed by atoms with Gasteiger partial charge in [-0.25, -0.2) is 0 Å². The Bertz CT molecular complexity index is 1010. The largest absolute Gasteiger partial charge is 0.289 e. The van der Waals surface area contributed by atoms with Crippen molar-refractivity contribution < 1.29 is 4.79 Å². The van der Waals surface area contributed by atoms with Crippen LogP contribution in [0.4, 0.5) is 0 Å². The highest BCUT2D eigenvalue weighted by Gasteiger charge is 2.26. The number of rotatable bonds is 7. The van der Waals surface area contributed by atoms with Crippen molar-refractivity contribution in [3.8, 4) is 0 Å². The number of unbranched alkanes of at least 4 members (excludes halogenated alkanes) is 1. The summed E-state index contributed by atoms with van der Waals surface area (Å²) in [6.07, 6.45) is 8.25. The molecule has 3 aromatic rings. The average molecular weight is 413 g/mol. The quantitative estimate of drug-likeness (QED) is 0.531. The van der Waals surface area contributed by atoms with Crippen LogP contribution in [-0.4, -0.2) is 38.8 Å². The van der Waals surface area contributed by atoms with E-state index in [0.717, 1.165) is 47.4 Å². The molecular weight excluding hydrogens is 384 g/mol. The van der Waals surface area contributed by atoms with E-state index in [0.29, 0.717) is 19.6 Å². The Morgan fingerprint density at radius 1 is 0.903 bits per heavy atom. The third-order valence-corrected chi connectivity index (χ3v) is 5.36. The van der Waals surface area contributed by atoms with Crippen molar-refractivity contribution in [2.45, 2.75) is 32.9 Å². The highest BCUT2D eigenvalue weighted by molar-refractivity contribution is 6.14. The Morgan fingerprint density at radius 3 is 2.03 bits per heavy atom. The van der Waals surface area contributed by atoms with Crippen LogP contribution in [0.25, 0.3) is 12.2 Å². The topological polar surface area (TPSA) is 51.0 Å². The summed E-state index contributed by atoms with van der Waals surface area (Å²) < 4.78 is 1.91. The maximum absolute atomic E-state index is 13.3. The van der Waals surface area contributed by atoms with Crippen molar-refractivity contribution in [1.29, 1.82) is 0 Å². The zero-order valence-corrected chi connectivity index (χ0v) is 17.9. The monoisotopic (exact) mass is 412 g/mol. The maximum Gasteiger partial charge on any atom is 0.187 e. The number of ketones is 1. The molecule has 2 aromatic carbocycles. The Morgan fingerprint density at radius 2 is 1.48 bits per heavy atom. The minimum Gasteiger partial charge on any atom is -0.289 e. The van der Waals surface area contributed by atoms with Crippen molar-refractivity contribution in [3.63, 3.8) is 0 Å². The molecule has 4 rings (SSSR count). The third-order valence-electron chi connectivity index (χ3n) is 5.36. The van der Waals surface area contributed by atoms with Crippen molar-refractivity contribution in [2.24, 2.45) is 0 Å². The number of benzene rings is 2. The molecule has 0 spiro atoms. The number of hydrogen-bond donors (Lipinski definition) is 0. The van der Waals surface area contributed by atoms with E-state index in [2.05, 4.69) is 22.1 Å². The van der Waals surface area contributed by atoms with Crippen LogP contribution in [0.15, 0.2) is 78.0 Å². The summed E-state index contributed by atoms with van der Waals surface area (Å²) in [5.41, 5.74) is 4.62. The highest BCUT2D eigenvalue weighted by atomic mass is 16.1. The number of hydrogen-bond acceptors (Lipinski definition) is 4. The number of nitrogens with zero attached hydrogens (tertiary/aromatic N) is 4. The Kier molecular flexibility index (Phi) is 6.85. The average Bonchev–Trinajstić information content (AvgIpc) is 3.24. The molecule has 5 heteroatoms. The number of aryl methyl sites for hydroxylation is 1. The Labute approximate surface area is 183 Å². The van der Waals surface area contributed by atoms with Gasteiger partial charge < -0.3 is 0 Å². The van der Waals surface area contributed by atoms with E-state index >= 15 is 0 Å². The van der Waals surface area contributed by atoms with Gasteiger partial charge in [-0.3, -0.25) is 14.4 Å². The van der Waals surface area contributed by atoms with Gasteiger partial charge in [-0.1, -0.05) is 79.2 Å². The van der Waals surface area contributed by atoms with Crippen molar-refractivity contribution in [2.75, 3.05) is 13.1 Å². The number of aromatic nitrogens is 3. The smallest absolute Gasteiger partial charge is 0.187 e. The lowest BCUT2D eigenvalue weighted by Gasteiger charge is -2.29. The van der Waals surface area contributed by atoms with Crippen LogP contribution in [0.1, 0.15) is 36.6 Å². The lowest BCUT2D eigenvalue weighted by atomic mass is 9.94. The first-order valence-electron chi connectivity index (χ1n) is 10.9. The molecule has 0 saturated carbocycles. The van der Waals surface area contributed by atoms with Gasteiger partial charge in [0.15, 0.2) is 5.78 Å². The summed E-state index contributed by atoms with van der Waals surface area (Å²) in [6.45, 7) is 4.92. The van der Waals surface area contributed by atoms with Crippen LogP contribution in [0.3, 0.4) is 0 Å². The fourth-order valence-corrected chi connectivity index (χ4v) is 3.79. The molecule has 1 aromatic heterocycles. The van der Waals surface area contributed by atoms with Gasteiger partial charge in [0.1, 0.15) is 0 Å². The van der Waals surface area contributed by atoms with E-state index in [1.807, 2.05) is 83.7 Å². The molecular formula is C26H28N4O. The molecule has 0 unspecified atom stereocenters. The van der Waals surface area contributed by atoms with Crippen molar-refractivity contribution in [1.82, 2.24) is 19.9 Å². The van der Waals surface area contributed by atoms with Crippen LogP contribution < -0.4 is 0 Å². The minimum atomic E-state index is 0.121. The third kappa shape index (κ3) is 5.64. The van der Waals surface area contributed by atoms with E-state index in [-0.39, 0.29) is 5.78 Å². The second kappa shape index (κ2) is 10.1. The minimum absolute atomic E-state index is 0.121. The predicted molar refractivity (Wildman–Crippen MR) is 124 cm³/mol. The molecule has 1 aliphatic heterocycles. The molecule has 0 amide bonds. The normalized spacial score (nSPS) is 17.5. The molecule has 1 fully saturated rings. The van der Waals surface area contributed by atoms with Gasteiger partial charge in [-0.2, -0.15) is 0 Å². The highest BCUT2D eigenvalue weighted by Crippen LogP contribution is 2.23. The van der Waals surface area contributed by atoms with Gasteiger partial charge in [0, 0.05) is 43.5 Å². The molecule has 1 aliphatic rings. The fourth-order valence-electron chi connectivity index (χ4n) is 3.79. The standard InChI is InChI=1S/C26H28N4O/c1-2-3-14-30-20-25(27-28-30)19-29-17-23(15-21-10-6-4-7-11-21)26(31)24(18-29)16-22-12-8-5-9-13-22/h4-13,15-16,20H,2-3,14,17-19H2,1H3. The van der Waals surface area contributed by atoms with Crippen LogP contribution in [0.5, 0.6) is 0 Å². The molecule has 0 radical (unpaired) electrons. The first-order chi connectivity index (χ1) is 15.2. The Hall–Kier alpha value is -3.31. The number of likely N-dealkylation sites (tertiary alicyclic amines) is 1. The van der Waals surface area contributed by atoms with E-state index in [1.54, 1.807) is 0 Å². The summed E-state index contributed by atoms with van der Waals surface area (Å²) in [5, 5.41) is 8.60. The van der Waals surface area contributed by atoms with Gasteiger partial charge in [0.2, 0.25) is 0 Å². The summed E-state index contributed by atoms with van der Waals surface area (Å²) >= 11 is 0. The Balaban J connectivity index is 1.59. The van der Waals surface area contributed by atoms with Gasteiger partial charge in [0.25, 0.3) is 0 Å². The number of piperidine rings is 1. The first kappa shape index (κ1) is 20.9. The van der Waals surface area contributed by atoms with E-state index in [4.69, 9.17) is 0 Å². The number of Topliss-reactive ketones (excluding diaryl/α,β-unsaturated/α-hetero) is 1. The second-order valence-electron chi connectivity index (χ2n) is 7.96. The van der Waals surface area contributed by atoms with Crippen molar-refractivity contribution in [3.05, 3.63) is 94.8 Å². The lowest BCUT2D eigenvalue weighted by molar-refractivity contribution is -0.113. The number of carbonyl (C=O) groups excluding carboxylic acids is 1. The predicted octanol–water partition coefficient (Wildman–Crippen LogP) is 4.63. The fraction of sp³-hybridized carbons (Fsp3) is 0.269. The molecule has 0 N–H and O–H groups in total. The molecule has 31 heavy (non-hydrogen) atoms. The zero-order valence-electron chi connectivity index (χ0n) is 17.9. The molecule has 5 nitrogen and oxygen atoms in total. The number of carbonyl (C=O) groups is 1. The van der Waals surface area contributed by atoms with Gasteiger partial charge in [-0.15, -0.1) is 5.10 Å². The van der Waals surface area contributed by atoms with Crippen LogP contribution in [0, 0.1) is 0 Å². The molecule has 2 heterocycles. The second-order valence-corrected chi connectivity index (χ2v) is 7.96. The summed E-state index contributed by atoms with van der Waals surface area (Å²) in [5.74, 6) is 0.121.